The Labute approximate surface area is 106 Å². The Morgan fingerprint density at radius 2 is 1.38 bits per heavy atom. The number of halogens is 4. The molecule has 0 rings (SSSR count). The van der Waals surface area contributed by atoms with Gasteiger partial charge in [0.2, 0.25) is 0 Å². The van der Waals surface area contributed by atoms with Gasteiger partial charge >= 0.3 is 0 Å². The highest BCUT2D eigenvalue weighted by atomic mass is 127. The number of hydrogen-bond donors (Lipinski definition) is 1. The maximum atomic E-state index is 4.60. The summed E-state index contributed by atoms with van der Waals surface area (Å²) in [7, 11) is 1.82. The highest BCUT2D eigenvalue weighted by Crippen LogP contribution is 3.21. The lowest BCUT2D eigenvalue weighted by Crippen LogP contribution is -1.80. The van der Waals surface area contributed by atoms with Crippen LogP contribution >= 0.6 is 102 Å². The van der Waals surface area contributed by atoms with Crippen LogP contribution in [-0.2, 0) is 0 Å². The smallest absolute Gasteiger partial charge is 0.00448 e. The van der Waals surface area contributed by atoms with Crippen molar-refractivity contribution in [2.45, 2.75) is 0 Å². The molecule has 8 heavy (non-hydrogen) atoms. The van der Waals surface area contributed by atoms with E-state index in [1.165, 1.54) is 0 Å². The third kappa shape index (κ3) is 9.97. The molecule has 0 aromatic carbocycles. The summed E-state index contributed by atoms with van der Waals surface area (Å²) in [5.74, 6) is 0. The molecule has 0 radical (unpaired) electrons. The molecular weight excluding hydrogens is 616 g/mol. The van der Waals surface area contributed by atoms with Gasteiger partial charge in [0.25, 0.3) is 0 Å². The molecule has 0 atom stereocenters. The molecule has 0 saturated carbocycles. The maximum absolute atomic E-state index is 4.60. The molecule has 0 heterocycles. The molecule has 0 aliphatic rings. The Balaban J connectivity index is 4.50. The molecule has 7 heteroatoms. The predicted molar refractivity (Wildman–Crippen MR) is 86.2 cm³/mol. The third-order valence-corrected chi connectivity index (χ3v) is 17.2. The fourth-order valence-corrected chi connectivity index (χ4v) is 0. The normalized spacial score (nSPS) is 21.8. The van der Waals surface area contributed by atoms with Crippen LogP contribution < -0.4 is 0 Å². The fraction of sp³-hybridized carbons (Fsp3) is 1.00. The second kappa shape index (κ2) is 2.73. The average molecular weight is 620 g/mol. The van der Waals surface area contributed by atoms with E-state index in [1.807, 2.05) is 10.8 Å². The van der Waals surface area contributed by atoms with Crippen LogP contribution in [0.1, 0.15) is 0 Å². The van der Waals surface area contributed by atoms with Gasteiger partial charge in [-0.1, -0.05) is 10.8 Å². The minimum absolute atomic E-state index is 1.82. The maximum Gasteiger partial charge on any atom is 0.00448 e. The van der Waals surface area contributed by atoms with Gasteiger partial charge < -0.3 is 0 Å². The molecule has 0 amide bonds. The Kier molecular flexibility index (Phi) is 4.09. The van der Waals surface area contributed by atoms with Crippen molar-refractivity contribution >= 4 is 102 Å². The second-order valence-electron chi connectivity index (χ2n) is 1.12. The van der Waals surface area contributed by atoms with E-state index in [-0.39, 0.29) is 0 Å². The topological polar surface area (TPSA) is 0 Å². The quantitative estimate of drug-likeness (QED) is 0.234. The van der Waals surface area contributed by atoms with Crippen molar-refractivity contribution in [3.05, 3.63) is 0 Å². The molecule has 0 N–H and O–H groups in total. The first kappa shape index (κ1) is 12.0. The van der Waals surface area contributed by atoms with E-state index in [0.717, 1.165) is 0 Å². The van der Waals surface area contributed by atoms with E-state index in [1.54, 1.807) is 0 Å². The van der Waals surface area contributed by atoms with Gasteiger partial charge in [-0.25, -0.2) is 0 Å². The molecule has 0 saturated heterocycles. The summed E-state index contributed by atoms with van der Waals surface area (Å²) < 4.78 is -2.01. The second-order valence-corrected chi connectivity index (χ2v) is 82.6. The van der Waals surface area contributed by atoms with E-state index in [4.69, 9.17) is 0 Å². The lowest BCUT2D eigenvalue weighted by Gasteiger charge is -2.52. The summed E-state index contributed by atoms with van der Waals surface area (Å²) in [6.07, 6.45) is 2.09. The third-order valence-electron chi connectivity index (χ3n) is 0.327. The number of rotatable bonds is 1. The molecule has 0 spiro atoms. The zero-order valence-corrected chi connectivity index (χ0v) is 14.9. The van der Waals surface area contributed by atoms with Crippen molar-refractivity contribution in [1.29, 1.82) is 0 Å². The largest absolute Gasteiger partial charge is 0.103 e. The Morgan fingerprint density at radius 3 is 1.38 bits per heavy atom. The van der Waals surface area contributed by atoms with Crippen LogP contribution in [0.5, 0.6) is 0 Å². The van der Waals surface area contributed by atoms with Crippen LogP contribution in [0.4, 0.5) is 0 Å². The molecule has 0 aromatic rings. The summed E-state index contributed by atoms with van der Waals surface area (Å²) in [5.41, 5.74) is 0. The molecule has 54 valence electrons. The van der Waals surface area contributed by atoms with Gasteiger partial charge in [0.1, 0.15) is 0 Å². The lowest BCUT2D eigenvalue weighted by molar-refractivity contribution is 2.55. The standard InChI is InChI=1S/CH4I4S3/c1-7-8(2,3,4,5)6/h6H,1H3. The summed E-state index contributed by atoms with van der Waals surface area (Å²) in [6, 6.07) is 0. The Morgan fingerprint density at radius 1 is 1.25 bits per heavy atom. The minimum atomic E-state index is -2.01. The first-order valence-corrected chi connectivity index (χ1v) is 16.8. The first-order chi connectivity index (χ1) is 3.04. The van der Waals surface area contributed by atoms with E-state index in [0.29, 0.717) is 0 Å². The van der Waals surface area contributed by atoms with Gasteiger partial charge in [0.15, 0.2) is 0 Å². The molecule has 0 aromatic heterocycles. The molecular formula is CH4I4S3. The monoisotopic (exact) mass is 620 g/mol. The van der Waals surface area contributed by atoms with Crippen LogP contribution in [0, 0.1) is 0 Å². The van der Waals surface area contributed by atoms with Crippen LogP contribution in [0.3, 0.4) is 0 Å². The molecule has 0 aliphatic carbocycles. The van der Waals surface area contributed by atoms with E-state index in [2.05, 4.69) is 103 Å². The SMILES string of the molecule is CSS(S)(I)(I)(I)I. The van der Waals surface area contributed by atoms with Gasteiger partial charge in [-0.05, 0) is 1.30 Å². The van der Waals surface area contributed by atoms with Crippen molar-refractivity contribution in [3.63, 3.8) is 0 Å². The van der Waals surface area contributed by atoms with Crippen molar-refractivity contribution in [1.82, 2.24) is 0 Å². The highest BCUT2D eigenvalue weighted by molar-refractivity contribution is 14.6. The fourth-order valence-electron chi connectivity index (χ4n) is 0. The summed E-state index contributed by atoms with van der Waals surface area (Å²) in [4.78, 5) is 0. The van der Waals surface area contributed by atoms with E-state index >= 15 is 0 Å². The van der Waals surface area contributed by atoms with Crippen LogP contribution in [0.15, 0.2) is 0 Å². The first-order valence-electron chi connectivity index (χ1n) is 1.37. The minimum Gasteiger partial charge on any atom is -0.103 e. The van der Waals surface area contributed by atoms with Gasteiger partial charge in [0, 0.05) is 84.8 Å². The van der Waals surface area contributed by atoms with Gasteiger partial charge in [-0.15, -0.1) is 11.7 Å². The predicted octanol–water partition coefficient (Wildman–Crippen LogP) is 5.39. The Hall–Kier alpha value is 3.97. The molecule has 0 unspecified atom stereocenters. The molecule has 0 nitrogen and oxygen atoms in total. The molecule has 0 aliphatic heterocycles. The number of hydrogen-bond acceptors (Lipinski definition) is 2. The van der Waals surface area contributed by atoms with Gasteiger partial charge in [0.05, 0.1) is 0 Å². The summed E-state index contributed by atoms with van der Waals surface area (Å²) in [6.45, 7) is 0. The van der Waals surface area contributed by atoms with Crippen molar-refractivity contribution in [2.24, 2.45) is 0 Å². The number of thiol groups is 1. The summed E-state index contributed by atoms with van der Waals surface area (Å²) in [5, 5.41) is 0. The lowest BCUT2D eigenvalue weighted by atomic mass is 12.0. The van der Waals surface area contributed by atoms with Crippen molar-refractivity contribution < 1.29 is 0 Å². The zero-order chi connectivity index (χ0) is 7.12. The van der Waals surface area contributed by atoms with Crippen LogP contribution in [0.25, 0.3) is 0 Å². The van der Waals surface area contributed by atoms with Gasteiger partial charge in [-0.2, -0.15) is 0 Å². The highest BCUT2D eigenvalue weighted by Gasteiger charge is 2.46. The van der Waals surface area contributed by atoms with Gasteiger partial charge in [-0.3, -0.25) is 0 Å². The van der Waals surface area contributed by atoms with Crippen LogP contribution in [-0.4, -0.2) is 6.26 Å². The molecule has 0 fully saturated rings. The summed E-state index contributed by atoms with van der Waals surface area (Å²) >= 11 is 14.3. The van der Waals surface area contributed by atoms with Crippen LogP contribution in [0.2, 0.25) is 0 Å². The van der Waals surface area contributed by atoms with Crippen molar-refractivity contribution in [2.75, 3.05) is 6.26 Å². The van der Waals surface area contributed by atoms with E-state index < -0.39 is -4.96 Å². The Bertz CT molecular complexity index is 94.4. The zero-order valence-electron chi connectivity index (χ0n) is 3.78. The molecule has 0 bridgehead atoms. The van der Waals surface area contributed by atoms with E-state index in [9.17, 15) is 0 Å². The average Bonchev–Trinajstić information content (AvgIpc) is 1.30. The van der Waals surface area contributed by atoms with Crippen molar-refractivity contribution in [3.8, 4) is 0 Å².